The Morgan fingerprint density at radius 3 is 2.71 bits per heavy atom. The first kappa shape index (κ1) is 14.9. The second kappa shape index (κ2) is 7.30. The van der Waals surface area contributed by atoms with Crippen LogP contribution in [0.15, 0.2) is 4.99 Å². The molecule has 1 aliphatic rings. The maximum absolute atomic E-state index is 4.59. The predicted octanol–water partition coefficient (Wildman–Crippen LogP) is 4.06. The molecule has 0 radical (unpaired) electrons. The fourth-order valence-corrected chi connectivity index (χ4v) is 3.43. The Labute approximate surface area is 111 Å². The van der Waals surface area contributed by atoms with Gasteiger partial charge in [-0.3, -0.25) is 4.99 Å². The molecule has 0 aliphatic carbocycles. The quantitative estimate of drug-likeness (QED) is 0.725. The molecule has 0 aromatic heterocycles. The average molecular weight is 256 g/mol. The van der Waals surface area contributed by atoms with E-state index in [2.05, 4.69) is 38.0 Å². The lowest BCUT2D eigenvalue weighted by atomic mass is 9.90. The molecule has 1 heterocycles. The Morgan fingerprint density at radius 2 is 2.06 bits per heavy atom. The molecule has 1 aliphatic heterocycles. The van der Waals surface area contributed by atoms with Crippen molar-refractivity contribution in [3.63, 3.8) is 0 Å². The summed E-state index contributed by atoms with van der Waals surface area (Å²) in [5.41, 5.74) is 0.420. The van der Waals surface area contributed by atoms with E-state index < -0.39 is 0 Å². The largest absolute Gasteiger partial charge is 0.365 e. The SMILES string of the molecule is CCCCCCNC1=NCC(CC(C)(C)C)S1. The van der Waals surface area contributed by atoms with E-state index in [4.69, 9.17) is 0 Å². The summed E-state index contributed by atoms with van der Waals surface area (Å²) in [7, 11) is 0. The molecule has 0 amide bonds. The van der Waals surface area contributed by atoms with Crippen molar-refractivity contribution >= 4 is 16.9 Å². The highest BCUT2D eigenvalue weighted by molar-refractivity contribution is 8.14. The van der Waals surface area contributed by atoms with Gasteiger partial charge in [0.05, 0.1) is 6.54 Å². The molecule has 1 atom stereocenters. The van der Waals surface area contributed by atoms with Gasteiger partial charge in [0.2, 0.25) is 0 Å². The van der Waals surface area contributed by atoms with Crippen LogP contribution in [-0.2, 0) is 0 Å². The molecule has 1 N–H and O–H groups in total. The van der Waals surface area contributed by atoms with Crippen LogP contribution in [0.1, 0.15) is 59.8 Å². The second-order valence-electron chi connectivity index (χ2n) is 6.14. The lowest BCUT2D eigenvalue weighted by Crippen LogP contribution is -2.21. The van der Waals surface area contributed by atoms with Crippen LogP contribution in [0.25, 0.3) is 0 Å². The van der Waals surface area contributed by atoms with Gasteiger partial charge in [-0.05, 0) is 18.3 Å². The van der Waals surface area contributed by atoms with Crippen molar-refractivity contribution in [3.05, 3.63) is 0 Å². The van der Waals surface area contributed by atoms with Crippen molar-refractivity contribution in [2.75, 3.05) is 13.1 Å². The van der Waals surface area contributed by atoms with Gasteiger partial charge in [0.25, 0.3) is 0 Å². The Morgan fingerprint density at radius 1 is 1.29 bits per heavy atom. The summed E-state index contributed by atoms with van der Waals surface area (Å²) in [6.45, 7) is 11.3. The lowest BCUT2D eigenvalue weighted by Gasteiger charge is -2.21. The summed E-state index contributed by atoms with van der Waals surface area (Å²) in [6.07, 6.45) is 6.53. The highest BCUT2D eigenvalue weighted by Gasteiger charge is 2.24. The zero-order valence-corrected chi connectivity index (χ0v) is 12.7. The number of rotatable bonds is 6. The third-order valence-electron chi connectivity index (χ3n) is 2.86. The first-order valence-corrected chi connectivity index (χ1v) is 7.84. The van der Waals surface area contributed by atoms with Crippen LogP contribution in [-0.4, -0.2) is 23.5 Å². The van der Waals surface area contributed by atoms with Gasteiger partial charge in [-0.15, -0.1) is 0 Å². The van der Waals surface area contributed by atoms with Crippen LogP contribution in [0.5, 0.6) is 0 Å². The molecule has 2 nitrogen and oxygen atoms in total. The van der Waals surface area contributed by atoms with E-state index in [9.17, 15) is 0 Å². The summed E-state index contributed by atoms with van der Waals surface area (Å²) in [4.78, 5) is 4.59. The molecule has 3 heteroatoms. The average Bonchev–Trinajstić information content (AvgIpc) is 2.63. The number of nitrogens with one attached hydrogen (secondary N) is 1. The lowest BCUT2D eigenvalue weighted by molar-refractivity contribution is 0.375. The molecule has 0 saturated carbocycles. The molecule has 1 rings (SSSR count). The minimum atomic E-state index is 0.420. The summed E-state index contributed by atoms with van der Waals surface area (Å²) in [5.74, 6) is 0. The van der Waals surface area contributed by atoms with Gasteiger partial charge in [-0.25, -0.2) is 0 Å². The van der Waals surface area contributed by atoms with E-state index in [-0.39, 0.29) is 0 Å². The topological polar surface area (TPSA) is 24.4 Å². The molecular weight excluding hydrogens is 228 g/mol. The summed E-state index contributed by atoms with van der Waals surface area (Å²) < 4.78 is 0. The van der Waals surface area contributed by atoms with Gasteiger partial charge in [0.15, 0.2) is 5.17 Å². The molecule has 0 aromatic rings. The first-order valence-electron chi connectivity index (χ1n) is 6.96. The number of unbranched alkanes of at least 4 members (excludes halogenated alkanes) is 3. The van der Waals surface area contributed by atoms with E-state index in [0.29, 0.717) is 10.7 Å². The van der Waals surface area contributed by atoms with Crippen molar-refractivity contribution < 1.29 is 0 Å². The van der Waals surface area contributed by atoms with Crippen molar-refractivity contribution in [3.8, 4) is 0 Å². The van der Waals surface area contributed by atoms with Gasteiger partial charge in [-0.2, -0.15) is 0 Å². The van der Waals surface area contributed by atoms with Gasteiger partial charge in [-0.1, -0.05) is 58.7 Å². The highest BCUT2D eigenvalue weighted by atomic mass is 32.2. The van der Waals surface area contributed by atoms with Crippen LogP contribution >= 0.6 is 11.8 Å². The summed E-state index contributed by atoms with van der Waals surface area (Å²) >= 11 is 1.94. The maximum Gasteiger partial charge on any atom is 0.156 e. The Hall–Kier alpha value is -0.180. The molecule has 0 bridgehead atoms. The zero-order valence-electron chi connectivity index (χ0n) is 11.9. The van der Waals surface area contributed by atoms with Crippen LogP contribution in [0.4, 0.5) is 0 Å². The van der Waals surface area contributed by atoms with Crippen molar-refractivity contribution in [1.29, 1.82) is 0 Å². The molecule has 0 fully saturated rings. The minimum Gasteiger partial charge on any atom is -0.365 e. The van der Waals surface area contributed by atoms with Crippen molar-refractivity contribution in [2.45, 2.75) is 65.0 Å². The van der Waals surface area contributed by atoms with E-state index in [1.54, 1.807) is 0 Å². The number of thioether (sulfide) groups is 1. The molecule has 100 valence electrons. The Kier molecular flexibility index (Phi) is 6.39. The molecule has 17 heavy (non-hydrogen) atoms. The van der Waals surface area contributed by atoms with Crippen LogP contribution in [0.2, 0.25) is 0 Å². The fourth-order valence-electron chi connectivity index (χ4n) is 2.05. The number of hydrogen-bond acceptors (Lipinski definition) is 3. The van der Waals surface area contributed by atoms with Crippen LogP contribution in [0.3, 0.4) is 0 Å². The minimum absolute atomic E-state index is 0.420. The Balaban J connectivity index is 2.09. The maximum atomic E-state index is 4.59. The van der Waals surface area contributed by atoms with Crippen molar-refractivity contribution in [2.24, 2.45) is 10.4 Å². The van der Waals surface area contributed by atoms with E-state index in [1.165, 1.54) is 37.3 Å². The molecule has 0 aromatic carbocycles. The predicted molar refractivity (Wildman–Crippen MR) is 79.9 cm³/mol. The number of nitrogens with zero attached hydrogens (tertiary/aromatic N) is 1. The number of aliphatic imine (C=N–C) groups is 1. The fraction of sp³-hybridized carbons (Fsp3) is 0.929. The summed E-state index contributed by atoms with van der Waals surface area (Å²) in [5, 5.41) is 5.33. The van der Waals surface area contributed by atoms with Gasteiger partial charge < -0.3 is 5.32 Å². The zero-order chi connectivity index (χ0) is 12.7. The molecule has 1 unspecified atom stereocenters. The highest BCUT2D eigenvalue weighted by Crippen LogP contribution is 2.31. The molecule has 0 spiro atoms. The second-order valence-corrected chi connectivity index (χ2v) is 7.43. The summed E-state index contributed by atoms with van der Waals surface area (Å²) in [6, 6.07) is 0. The third kappa shape index (κ3) is 6.97. The van der Waals surface area contributed by atoms with Gasteiger partial charge >= 0.3 is 0 Å². The van der Waals surface area contributed by atoms with Gasteiger partial charge in [0.1, 0.15) is 0 Å². The monoisotopic (exact) mass is 256 g/mol. The number of hydrogen-bond donors (Lipinski definition) is 1. The third-order valence-corrected chi connectivity index (χ3v) is 4.01. The van der Waals surface area contributed by atoms with E-state index in [1.807, 2.05) is 11.8 Å². The normalized spacial score (nSPS) is 20.5. The first-order chi connectivity index (χ1) is 8.01. The molecular formula is C14H28N2S. The standard InChI is InChI=1S/C14H28N2S/c1-5-6-7-8-9-15-13-16-11-12(17-13)10-14(2,3)4/h12H,5-11H2,1-4H3,(H,15,16). The van der Waals surface area contributed by atoms with Gasteiger partial charge in [0, 0.05) is 11.8 Å². The van der Waals surface area contributed by atoms with Crippen LogP contribution < -0.4 is 5.32 Å². The molecule has 0 saturated heterocycles. The Bertz CT molecular complexity index is 243. The van der Waals surface area contributed by atoms with Crippen LogP contribution in [0, 0.1) is 5.41 Å². The van der Waals surface area contributed by atoms with E-state index >= 15 is 0 Å². The van der Waals surface area contributed by atoms with Crippen molar-refractivity contribution in [1.82, 2.24) is 5.32 Å². The number of amidine groups is 1. The smallest absolute Gasteiger partial charge is 0.156 e. The van der Waals surface area contributed by atoms with E-state index in [0.717, 1.165) is 13.1 Å².